The van der Waals surface area contributed by atoms with Gasteiger partial charge in [-0.2, -0.15) is 5.10 Å². The second kappa shape index (κ2) is 11.0. The second-order valence-corrected chi connectivity index (χ2v) is 6.79. The molecule has 2 aromatic carbocycles. The van der Waals surface area contributed by atoms with Gasteiger partial charge >= 0.3 is 0 Å². The van der Waals surface area contributed by atoms with Crippen LogP contribution in [0.2, 0.25) is 0 Å². The molecule has 4 rings (SSSR count). The molecule has 7 nitrogen and oxygen atoms in total. The number of hydrogen-bond donors (Lipinski definition) is 2. The van der Waals surface area contributed by atoms with E-state index in [1.54, 1.807) is 16.8 Å². The molecule has 164 valence electrons. The first-order valence-electron chi connectivity index (χ1n) is 9.92. The summed E-state index contributed by atoms with van der Waals surface area (Å²) in [6, 6.07) is 14.1. The van der Waals surface area contributed by atoms with Gasteiger partial charge in [-0.1, -0.05) is 6.07 Å². The highest BCUT2D eigenvalue weighted by molar-refractivity contribution is 14.0. The van der Waals surface area contributed by atoms with Crippen molar-refractivity contribution in [2.24, 2.45) is 4.99 Å². The van der Waals surface area contributed by atoms with E-state index in [9.17, 15) is 4.39 Å². The topological polar surface area (TPSA) is 72.7 Å². The molecule has 31 heavy (non-hydrogen) atoms. The van der Waals surface area contributed by atoms with Gasteiger partial charge in [0.05, 0.1) is 17.9 Å². The van der Waals surface area contributed by atoms with Crippen LogP contribution < -0.4 is 20.1 Å². The van der Waals surface area contributed by atoms with Gasteiger partial charge in [-0.25, -0.2) is 14.1 Å². The molecule has 0 unspecified atom stereocenters. The average molecular weight is 537 g/mol. The largest absolute Gasteiger partial charge is 0.454 e. The van der Waals surface area contributed by atoms with Gasteiger partial charge in [0.1, 0.15) is 5.82 Å². The third-order valence-electron chi connectivity index (χ3n) is 4.61. The van der Waals surface area contributed by atoms with Gasteiger partial charge in [0.2, 0.25) is 6.79 Å². The highest BCUT2D eigenvalue weighted by atomic mass is 127. The Morgan fingerprint density at radius 2 is 1.90 bits per heavy atom. The molecule has 0 amide bonds. The first-order chi connectivity index (χ1) is 14.7. The van der Waals surface area contributed by atoms with Crippen molar-refractivity contribution in [1.29, 1.82) is 0 Å². The predicted molar refractivity (Wildman–Crippen MR) is 128 cm³/mol. The Balaban J connectivity index is 0.00000272. The summed E-state index contributed by atoms with van der Waals surface area (Å²) in [6.45, 7) is 4.29. The molecule has 0 saturated carbocycles. The Hall–Kier alpha value is -2.82. The van der Waals surface area contributed by atoms with Crippen LogP contribution in [-0.4, -0.2) is 35.6 Å². The zero-order chi connectivity index (χ0) is 20.8. The van der Waals surface area contributed by atoms with E-state index in [0.29, 0.717) is 13.1 Å². The van der Waals surface area contributed by atoms with E-state index in [-0.39, 0.29) is 36.6 Å². The molecule has 9 heteroatoms. The highest BCUT2D eigenvalue weighted by Gasteiger charge is 2.13. The van der Waals surface area contributed by atoms with E-state index < -0.39 is 0 Å². The smallest absolute Gasteiger partial charge is 0.231 e. The predicted octanol–water partition coefficient (Wildman–Crippen LogP) is 3.66. The third kappa shape index (κ3) is 6.09. The molecule has 2 N–H and O–H groups in total. The van der Waals surface area contributed by atoms with Crippen LogP contribution in [0.4, 0.5) is 4.39 Å². The van der Waals surface area contributed by atoms with Crippen LogP contribution in [0.3, 0.4) is 0 Å². The first kappa shape index (κ1) is 22.9. The standard InChI is InChI=1S/C22H24FN5O2.HI/c1-2-24-22(26-14-16-3-8-20-21(13-16)30-15-29-20)25-11-9-18-10-12-28(27-18)19-6-4-17(23)5-7-19;/h3-8,10,12-13H,2,9,11,14-15H2,1H3,(H2,24,25,26);1H. The van der Waals surface area contributed by atoms with Crippen molar-refractivity contribution in [3.8, 4) is 17.2 Å². The van der Waals surface area contributed by atoms with Crippen LogP contribution in [0.5, 0.6) is 11.5 Å². The maximum atomic E-state index is 13.1. The monoisotopic (exact) mass is 537 g/mol. The summed E-state index contributed by atoms with van der Waals surface area (Å²) < 4.78 is 25.6. The molecule has 1 aliphatic heterocycles. The fourth-order valence-corrected chi connectivity index (χ4v) is 3.09. The Bertz CT molecular complexity index is 1020. The van der Waals surface area contributed by atoms with Gasteiger partial charge in [-0.05, 0) is 55.0 Å². The summed E-state index contributed by atoms with van der Waals surface area (Å²) in [5.74, 6) is 2.02. The van der Waals surface area contributed by atoms with Crippen LogP contribution in [0.1, 0.15) is 18.2 Å². The molecule has 0 radical (unpaired) electrons. The molecule has 3 aromatic rings. The zero-order valence-electron chi connectivity index (χ0n) is 17.2. The maximum absolute atomic E-state index is 13.1. The lowest BCUT2D eigenvalue weighted by Crippen LogP contribution is -2.38. The van der Waals surface area contributed by atoms with Gasteiger partial charge in [0.25, 0.3) is 0 Å². The fourth-order valence-electron chi connectivity index (χ4n) is 3.09. The summed E-state index contributed by atoms with van der Waals surface area (Å²) >= 11 is 0. The molecule has 0 bridgehead atoms. The molecular weight excluding hydrogens is 512 g/mol. The summed E-state index contributed by atoms with van der Waals surface area (Å²) in [6.07, 6.45) is 2.62. The number of hydrogen-bond acceptors (Lipinski definition) is 4. The molecule has 0 atom stereocenters. The quantitative estimate of drug-likeness (QED) is 0.274. The average Bonchev–Trinajstić information content (AvgIpc) is 3.41. The first-order valence-corrected chi connectivity index (χ1v) is 9.92. The number of nitrogens with one attached hydrogen (secondary N) is 2. The van der Waals surface area contributed by atoms with Crippen LogP contribution in [0.25, 0.3) is 5.69 Å². The molecule has 1 aromatic heterocycles. The molecule has 0 spiro atoms. The summed E-state index contributed by atoms with van der Waals surface area (Å²) in [4.78, 5) is 4.64. The number of ether oxygens (including phenoxy) is 2. The van der Waals surface area contributed by atoms with Crippen LogP contribution in [0, 0.1) is 5.82 Å². The normalized spacial score (nSPS) is 12.4. The van der Waals surface area contributed by atoms with Crippen molar-refractivity contribution >= 4 is 29.9 Å². The number of halogens is 2. The number of fused-ring (bicyclic) bond motifs is 1. The van der Waals surface area contributed by atoms with Crippen molar-refractivity contribution in [2.75, 3.05) is 19.9 Å². The Kier molecular flexibility index (Phi) is 8.10. The summed E-state index contributed by atoms with van der Waals surface area (Å²) in [7, 11) is 0. The highest BCUT2D eigenvalue weighted by Crippen LogP contribution is 2.32. The van der Waals surface area contributed by atoms with E-state index >= 15 is 0 Å². The number of guanidine groups is 1. The minimum atomic E-state index is -0.258. The number of aliphatic imine (C=N–C) groups is 1. The molecule has 0 saturated heterocycles. The van der Waals surface area contributed by atoms with Crippen LogP contribution in [-0.2, 0) is 13.0 Å². The minimum absolute atomic E-state index is 0. The summed E-state index contributed by atoms with van der Waals surface area (Å²) in [5, 5.41) is 11.1. The van der Waals surface area contributed by atoms with Crippen molar-refractivity contribution in [1.82, 2.24) is 20.4 Å². The van der Waals surface area contributed by atoms with Crippen molar-refractivity contribution in [3.63, 3.8) is 0 Å². The molecule has 0 fully saturated rings. The minimum Gasteiger partial charge on any atom is -0.454 e. The Morgan fingerprint density at radius 3 is 2.71 bits per heavy atom. The lowest BCUT2D eigenvalue weighted by atomic mass is 10.2. The van der Waals surface area contributed by atoms with Gasteiger partial charge < -0.3 is 20.1 Å². The number of rotatable bonds is 7. The SMILES string of the molecule is CCNC(=NCc1ccc2c(c1)OCO2)NCCc1ccn(-c2ccc(F)cc2)n1.I. The van der Waals surface area contributed by atoms with Crippen molar-refractivity contribution in [2.45, 2.75) is 19.9 Å². The lowest BCUT2D eigenvalue weighted by Gasteiger charge is -2.11. The molecular formula is C22H25FIN5O2. The number of nitrogens with zero attached hydrogens (tertiary/aromatic N) is 3. The zero-order valence-corrected chi connectivity index (χ0v) is 19.5. The molecule has 0 aliphatic carbocycles. The number of benzene rings is 2. The van der Waals surface area contributed by atoms with Gasteiger partial charge in [0, 0.05) is 25.7 Å². The van der Waals surface area contributed by atoms with Gasteiger partial charge in [-0.15, -0.1) is 24.0 Å². The maximum Gasteiger partial charge on any atom is 0.231 e. The van der Waals surface area contributed by atoms with Crippen LogP contribution in [0.15, 0.2) is 59.7 Å². The van der Waals surface area contributed by atoms with E-state index in [4.69, 9.17) is 9.47 Å². The van der Waals surface area contributed by atoms with E-state index in [1.807, 2.05) is 37.4 Å². The third-order valence-corrected chi connectivity index (χ3v) is 4.61. The lowest BCUT2D eigenvalue weighted by molar-refractivity contribution is 0.174. The Morgan fingerprint density at radius 1 is 1.10 bits per heavy atom. The fraction of sp³-hybridized carbons (Fsp3) is 0.273. The van der Waals surface area contributed by atoms with E-state index in [2.05, 4.69) is 20.7 Å². The van der Waals surface area contributed by atoms with Gasteiger partial charge in [0.15, 0.2) is 17.5 Å². The molecule has 2 heterocycles. The Labute approximate surface area is 197 Å². The summed E-state index contributed by atoms with van der Waals surface area (Å²) in [5.41, 5.74) is 2.82. The number of aromatic nitrogens is 2. The van der Waals surface area contributed by atoms with Crippen LogP contribution >= 0.6 is 24.0 Å². The van der Waals surface area contributed by atoms with Gasteiger partial charge in [-0.3, -0.25) is 0 Å². The van der Waals surface area contributed by atoms with E-state index in [1.165, 1.54) is 12.1 Å². The van der Waals surface area contributed by atoms with E-state index in [0.717, 1.165) is 47.4 Å². The van der Waals surface area contributed by atoms with Crippen molar-refractivity contribution < 1.29 is 13.9 Å². The second-order valence-electron chi connectivity index (χ2n) is 6.79. The molecule has 1 aliphatic rings. The van der Waals surface area contributed by atoms with Crippen molar-refractivity contribution in [3.05, 3.63) is 71.8 Å².